The van der Waals surface area contributed by atoms with Crippen molar-refractivity contribution in [3.63, 3.8) is 0 Å². The van der Waals surface area contributed by atoms with E-state index < -0.39 is 5.82 Å². The summed E-state index contributed by atoms with van der Waals surface area (Å²) >= 11 is 0. The van der Waals surface area contributed by atoms with Crippen LogP contribution in [0.15, 0.2) is 30.7 Å². The fourth-order valence-electron chi connectivity index (χ4n) is 1.33. The van der Waals surface area contributed by atoms with Crippen LogP contribution in [0.2, 0.25) is 0 Å². The quantitative estimate of drug-likeness (QED) is 0.500. The summed E-state index contributed by atoms with van der Waals surface area (Å²) in [4.78, 5) is 0. The van der Waals surface area contributed by atoms with Gasteiger partial charge in [-0.05, 0) is 13.0 Å². The number of hydrogen-bond acceptors (Lipinski definition) is 2. The van der Waals surface area contributed by atoms with Crippen molar-refractivity contribution in [1.82, 2.24) is 9.78 Å². The molecule has 0 saturated heterocycles. The summed E-state index contributed by atoms with van der Waals surface area (Å²) in [6.45, 7) is 1.66. The predicted octanol–water partition coefficient (Wildman–Crippen LogP) is 0.953. The summed E-state index contributed by atoms with van der Waals surface area (Å²) in [5.41, 5.74) is 0.545. The molecule has 4 nitrogen and oxygen atoms in total. The van der Waals surface area contributed by atoms with E-state index in [0.717, 1.165) is 6.20 Å². The Morgan fingerprint density at radius 2 is 2.36 bits per heavy atom. The van der Waals surface area contributed by atoms with Gasteiger partial charge in [-0.15, -0.1) is 4.68 Å². The first kappa shape index (κ1) is 8.68. The number of halogens is 1. The Hall–Kier alpha value is -1.91. The highest BCUT2D eigenvalue weighted by Gasteiger charge is 2.13. The first-order valence-electron chi connectivity index (χ1n) is 4.08. The molecule has 0 aliphatic heterocycles. The van der Waals surface area contributed by atoms with Crippen LogP contribution in [-0.2, 0) is 0 Å². The van der Waals surface area contributed by atoms with Crippen molar-refractivity contribution >= 4 is 0 Å². The van der Waals surface area contributed by atoms with Crippen molar-refractivity contribution < 1.29 is 9.12 Å². The van der Waals surface area contributed by atoms with E-state index in [1.54, 1.807) is 25.4 Å². The Balaban J connectivity index is 2.64. The van der Waals surface area contributed by atoms with Gasteiger partial charge in [0, 0.05) is 11.6 Å². The summed E-state index contributed by atoms with van der Waals surface area (Å²) in [6, 6.07) is 2.99. The van der Waals surface area contributed by atoms with Gasteiger partial charge in [-0.25, -0.2) is 9.12 Å². The Labute approximate surface area is 79.8 Å². The lowest BCUT2D eigenvalue weighted by molar-refractivity contribution is -0.602. The highest BCUT2D eigenvalue weighted by atomic mass is 19.1. The van der Waals surface area contributed by atoms with Gasteiger partial charge in [-0.3, -0.25) is 0 Å². The molecule has 72 valence electrons. The molecule has 2 rings (SSSR count). The summed E-state index contributed by atoms with van der Waals surface area (Å²) in [5, 5.41) is 15.3. The lowest BCUT2D eigenvalue weighted by Gasteiger charge is -2.08. The largest absolute Gasteiger partial charge is 0.710 e. The van der Waals surface area contributed by atoms with Crippen molar-refractivity contribution in [3.05, 3.63) is 47.3 Å². The molecule has 0 bridgehead atoms. The van der Waals surface area contributed by atoms with Crippen LogP contribution in [0.25, 0.3) is 5.82 Å². The van der Waals surface area contributed by atoms with Gasteiger partial charge in [-0.1, -0.05) is 5.10 Å². The number of rotatable bonds is 1. The van der Waals surface area contributed by atoms with Crippen LogP contribution in [0.1, 0.15) is 5.56 Å². The van der Waals surface area contributed by atoms with E-state index in [4.69, 9.17) is 0 Å². The monoisotopic (exact) mass is 193 g/mol. The van der Waals surface area contributed by atoms with E-state index in [-0.39, 0.29) is 0 Å². The maximum Gasteiger partial charge on any atom is 0.312 e. The van der Waals surface area contributed by atoms with Crippen LogP contribution in [0.4, 0.5) is 4.39 Å². The summed E-state index contributed by atoms with van der Waals surface area (Å²) in [6.07, 6.45) is 4.07. The van der Waals surface area contributed by atoms with Gasteiger partial charge in [0.05, 0.1) is 6.20 Å². The molecule has 0 aliphatic rings. The third-order valence-corrected chi connectivity index (χ3v) is 1.88. The molecule has 2 aromatic heterocycles. The van der Waals surface area contributed by atoms with Crippen molar-refractivity contribution in [3.8, 4) is 5.82 Å². The standard InChI is InChI=1S/C9H8FN3O/c1-7-5-8(10)6-13(14)9(7)12-4-2-3-11-12/h2-6H,1H3. The average Bonchev–Trinajstić information content (AvgIpc) is 2.54. The summed E-state index contributed by atoms with van der Waals surface area (Å²) in [7, 11) is 0. The van der Waals surface area contributed by atoms with Crippen LogP contribution in [-0.4, -0.2) is 9.78 Å². The van der Waals surface area contributed by atoms with Crippen LogP contribution >= 0.6 is 0 Å². The lowest BCUT2D eigenvalue weighted by atomic mass is 10.3. The van der Waals surface area contributed by atoms with E-state index in [1.807, 2.05) is 0 Å². The fraction of sp³-hybridized carbons (Fsp3) is 0.111. The molecule has 2 aromatic rings. The molecule has 0 saturated carbocycles. The molecular weight excluding hydrogens is 185 g/mol. The fourth-order valence-corrected chi connectivity index (χ4v) is 1.33. The van der Waals surface area contributed by atoms with E-state index in [0.29, 0.717) is 16.1 Å². The molecule has 5 heteroatoms. The number of nitrogens with zero attached hydrogens (tertiary/aromatic N) is 3. The molecule has 0 atom stereocenters. The molecule has 0 amide bonds. The molecule has 0 fully saturated rings. The Morgan fingerprint density at radius 1 is 1.57 bits per heavy atom. The second kappa shape index (κ2) is 3.10. The minimum Gasteiger partial charge on any atom is -0.710 e. The third-order valence-electron chi connectivity index (χ3n) is 1.88. The minimum absolute atomic E-state index is 0.316. The number of aryl methyl sites for hydroxylation is 1. The van der Waals surface area contributed by atoms with Crippen molar-refractivity contribution in [2.75, 3.05) is 0 Å². The number of aromatic nitrogens is 3. The van der Waals surface area contributed by atoms with Crippen LogP contribution in [0.5, 0.6) is 0 Å². The molecule has 0 spiro atoms. The topological polar surface area (TPSA) is 44.8 Å². The smallest absolute Gasteiger partial charge is 0.312 e. The van der Waals surface area contributed by atoms with E-state index in [9.17, 15) is 9.60 Å². The van der Waals surface area contributed by atoms with Gasteiger partial charge >= 0.3 is 5.82 Å². The SMILES string of the molecule is Cc1cc(F)c[n+]([O-])c1-n1cccn1. The van der Waals surface area contributed by atoms with Gasteiger partial charge < -0.3 is 5.21 Å². The second-order valence-electron chi connectivity index (χ2n) is 2.94. The molecule has 2 heterocycles. The predicted molar refractivity (Wildman–Crippen MR) is 47.2 cm³/mol. The van der Waals surface area contributed by atoms with E-state index in [1.165, 1.54) is 10.7 Å². The molecule has 0 unspecified atom stereocenters. The molecule has 0 radical (unpaired) electrons. The first-order chi connectivity index (χ1) is 6.68. The zero-order valence-electron chi connectivity index (χ0n) is 7.51. The Morgan fingerprint density at radius 3 is 2.93 bits per heavy atom. The maximum atomic E-state index is 12.8. The summed E-state index contributed by atoms with van der Waals surface area (Å²) in [5.74, 6) is -0.232. The zero-order valence-corrected chi connectivity index (χ0v) is 7.51. The molecule has 0 aromatic carbocycles. The van der Waals surface area contributed by atoms with Gasteiger partial charge in [0.2, 0.25) is 0 Å². The van der Waals surface area contributed by atoms with Crippen molar-refractivity contribution in [2.24, 2.45) is 0 Å². The van der Waals surface area contributed by atoms with Crippen LogP contribution in [0, 0.1) is 17.9 Å². The van der Waals surface area contributed by atoms with Crippen molar-refractivity contribution in [1.29, 1.82) is 0 Å². The average molecular weight is 193 g/mol. The molecule has 14 heavy (non-hydrogen) atoms. The number of hydrogen-bond donors (Lipinski definition) is 0. The Bertz CT molecular complexity index is 430. The second-order valence-corrected chi connectivity index (χ2v) is 2.94. The van der Waals surface area contributed by atoms with Crippen LogP contribution < -0.4 is 4.73 Å². The minimum atomic E-state index is -0.548. The van der Waals surface area contributed by atoms with Gasteiger partial charge in [0.25, 0.3) is 0 Å². The molecular formula is C9H8FN3O. The van der Waals surface area contributed by atoms with Gasteiger partial charge in [-0.2, -0.15) is 0 Å². The highest BCUT2D eigenvalue weighted by molar-refractivity contribution is 5.26. The highest BCUT2D eigenvalue weighted by Crippen LogP contribution is 2.08. The first-order valence-corrected chi connectivity index (χ1v) is 4.08. The third kappa shape index (κ3) is 1.32. The van der Waals surface area contributed by atoms with Crippen LogP contribution in [0.3, 0.4) is 0 Å². The lowest BCUT2D eigenvalue weighted by Crippen LogP contribution is -2.33. The Kier molecular flexibility index (Phi) is 1.92. The van der Waals surface area contributed by atoms with Gasteiger partial charge in [0.15, 0.2) is 5.82 Å². The maximum absolute atomic E-state index is 12.8. The van der Waals surface area contributed by atoms with Gasteiger partial charge in [0.1, 0.15) is 12.4 Å². The zero-order chi connectivity index (χ0) is 10.1. The molecule has 0 aliphatic carbocycles. The number of pyridine rings is 1. The van der Waals surface area contributed by atoms with E-state index >= 15 is 0 Å². The molecule has 0 N–H and O–H groups in total. The van der Waals surface area contributed by atoms with E-state index in [2.05, 4.69) is 5.10 Å². The van der Waals surface area contributed by atoms with Crippen molar-refractivity contribution in [2.45, 2.75) is 6.92 Å². The normalized spacial score (nSPS) is 10.4. The summed E-state index contributed by atoms with van der Waals surface area (Å²) < 4.78 is 14.7.